The Kier molecular flexibility index (Phi) is 13.5. The highest BCUT2D eigenvalue weighted by molar-refractivity contribution is 8.00. The van der Waals surface area contributed by atoms with Gasteiger partial charge >= 0.3 is 5.91 Å². The zero-order valence-electron chi connectivity index (χ0n) is 29.8. The molecule has 3 aromatic rings. The molecule has 4 N–H and O–H groups in total. The number of hydrogen-bond donors (Lipinski definition) is 4. The summed E-state index contributed by atoms with van der Waals surface area (Å²) in [5.41, 5.74) is -0.477. The van der Waals surface area contributed by atoms with Crippen molar-refractivity contribution in [1.29, 1.82) is 0 Å². The van der Waals surface area contributed by atoms with E-state index >= 15 is 0 Å². The van der Waals surface area contributed by atoms with Crippen LogP contribution < -0.4 is 31.0 Å². The Bertz CT molecular complexity index is 1960. The summed E-state index contributed by atoms with van der Waals surface area (Å²) in [6.45, 7) is 10.3. The maximum absolute atomic E-state index is 13.8. The van der Waals surface area contributed by atoms with Crippen LogP contribution in [0.5, 0.6) is 5.75 Å². The van der Waals surface area contributed by atoms with Crippen molar-refractivity contribution in [1.82, 2.24) is 16.0 Å². The molecule has 3 aromatic carbocycles. The Labute approximate surface area is 304 Å². The van der Waals surface area contributed by atoms with Gasteiger partial charge in [-0.25, -0.2) is 8.42 Å². The zero-order chi connectivity index (χ0) is 37.7. The van der Waals surface area contributed by atoms with Crippen LogP contribution in [0, 0.1) is 0 Å². The number of nitrogens with one attached hydrogen (secondary N) is 4. The number of amides is 3. The second-order valence-corrected chi connectivity index (χ2v) is 13.3. The highest BCUT2D eigenvalue weighted by Gasteiger charge is 2.54. The van der Waals surface area contributed by atoms with Crippen LogP contribution in [0.1, 0.15) is 44.5 Å². The van der Waals surface area contributed by atoms with Crippen LogP contribution >= 0.6 is 0 Å². The van der Waals surface area contributed by atoms with Gasteiger partial charge in [-0.3, -0.25) is 14.4 Å². The topological polar surface area (TPSA) is 168 Å². The second-order valence-electron chi connectivity index (χ2n) is 11.4. The Morgan fingerprint density at radius 2 is 1.52 bits per heavy atom. The predicted octanol–water partition coefficient (Wildman–Crippen LogP) is 4.85. The summed E-state index contributed by atoms with van der Waals surface area (Å²) >= 11 is 0. The van der Waals surface area contributed by atoms with E-state index in [1.807, 2.05) is 19.1 Å². The average Bonchev–Trinajstić information content (AvgIpc) is 3.69. The Hall–Kier alpha value is -5.73. The van der Waals surface area contributed by atoms with Crippen LogP contribution in [-0.2, 0) is 24.2 Å². The summed E-state index contributed by atoms with van der Waals surface area (Å²) in [6.07, 6.45) is 5.54. The van der Waals surface area contributed by atoms with E-state index in [2.05, 4.69) is 40.2 Å². The fourth-order valence-corrected chi connectivity index (χ4v) is 6.54. The molecular formula is C38H44N6O7S. The number of amidine groups is 1. The van der Waals surface area contributed by atoms with E-state index in [1.54, 1.807) is 84.9 Å². The number of nitrogens with zero attached hydrogens (tertiary/aromatic N) is 2. The average molecular weight is 729 g/mol. The maximum Gasteiger partial charge on any atom is 0.302 e. The van der Waals surface area contributed by atoms with Gasteiger partial charge in [0.05, 0.1) is 24.3 Å². The maximum atomic E-state index is 13.8. The van der Waals surface area contributed by atoms with Gasteiger partial charge in [0.1, 0.15) is 16.4 Å². The first kappa shape index (κ1) is 39.1. The third-order valence-electron chi connectivity index (χ3n) is 7.59. The number of rotatable bonds is 11. The molecule has 3 aliphatic heterocycles. The summed E-state index contributed by atoms with van der Waals surface area (Å²) in [7, 11) is -1.69. The fourth-order valence-electron chi connectivity index (χ4n) is 5.12. The molecule has 0 saturated carbocycles. The Morgan fingerprint density at radius 3 is 2.00 bits per heavy atom. The Balaban J connectivity index is 0.000000310. The van der Waals surface area contributed by atoms with Crippen molar-refractivity contribution < 1.29 is 32.3 Å². The second kappa shape index (κ2) is 18.0. The van der Waals surface area contributed by atoms with Crippen molar-refractivity contribution in [3.8, 4) is 5.75 Å². The largest absolute Gasteiger partial charge is 0.495 e. The summed E-state index contributed by atoms with van der Waals surface area (Å²) in [6, 6.07) is 24.3. The van der Waals surface area contributed by atoms with Crippen LogP contribution in [0.4, 0.5) is 11.4 Å². The highest BCUT2D eigenvalue weighted by Crippen LogP contribution is 2.37. The lowest BCUT2D eigenvalue weighted by Gasteiger charge is -2.31. The molecule has 14 heteroatoms. The van der Waals surface area contributed by atoms with E-state index in [4.69, 9.17) is 9.47 Å². The van der Waals surface area contributed by atoms with Gasteiger partial charge in [0.2, 0.25) is 15.7 Å². The quantitative estimate of drug-likeness (QED) is 0.202. The number of carbonyl (C=O) groups excluding carboxylic acids is 3. The minimum Gasteiger partial charge on any atom is -0.495 e. The van der Waals surface area contributed by atoms with E-state index in [1.165, 1.54) is 20.1 Å². The molecule has 0 radical (unpaired) electrons. The number of hydrazone groups is 1. The number of hydrogen-bond acceptors (Lipinski definition) is 10. The van der Waals surface area contributed by atoms with E-state index in [0.717, 1.165) is 24.5 Å². The van der Waals surface area contributed by atoms with Crippen molar-refractivity contribution in [2.24, 2.45) is 5.10 Å². The molecule has 13 nitrogen and oxygen atoms in total. The molecule has 6 rings (SSSR count). The van der Waals surface area contributed by atoms with Crippen LogP contribution in [0.2, 0.25) is 0 Å². The normalized spacial score (nSPS) is 17.6. The van der Waals surface area contributed by atoms with Gasteiger partial charge in [-0.1, -0.05) is 57.2 Å². The molecule has 3 amide bonds. The molecule has 1 unspecified atom stereocenters. The minimum atomic E-state index is -3.15. The molecule has 0 spiro atoms. The number of ether oxygens (including phenoxy) is 2. The zero-order valence-corrected chi connectivity index (χ0v) is 30.6. The van der Waals surface area contributed by atoms with E-state index in [-0.39, 0.29) is 10.7 Å². The third-order valence-corrected chi connectivity index (χ3v) is 9.39. The Morgan fingerprint density at radius 1 is 0.885 bits per heavy atom. The molecular weight excluding hydrogens is 685 g/mol. The minimum absolute atomic E-state index is 0.0632. The summed E-state index contributed by atoms with van der Waals surface area (Å²) in [5, 5.41) is 17.2. The van der Waals surface area contributed by atoms with Crippen LogP contribution in [0.15, 0.2) is 124 Å². The van der Waals surface area contributed by atoms with E-state index in [0.29, 0.717) is 40.0 Å². The molecule has 3 heterocycles. The third kappa shape index (κ3) is 9.13. The standard InChI is InChI=1S/C27H27N5O4.C7H6O3S.C4H11N/c1-3-18-36-23-16-14-20(15-17-23)24(34)28-25-27(29-19(2)33,30-21-10-6-4-7-11-21)26(35)32(31-25)22-12-8-5-9-13-22;1-10-6-4-5-2-3-7(6)11(5,8)9;1-3-5-4-2/h4-17,30H,3,18H2,1-2H3,(H,29,33)(H,28,31,34);2-4H,1H3;5H,3-4H2,1-2H3. The molecule has 2 bridgehead atoms. The lowest BCUT2D eigenvalue weighted by atomic mass is 10.1. The number of carbonyl (C=O) groups is 3. The van der Waals surface area contributed by atoms with Crippen LogP contribution in [0.25, 0.3) is 0 Å². The number of sulfone groups is 1. The SMILES string of the molecule is CCCOc1ccc(C(=O)NC2=NN(c3ccccc3)C(=O)C2(NC(C)=O)Nc2ccccc2)cc1.CCNCC.COC1=C2C=CC(=C1)S2(=O)=O. The first-order chi connectivity index (χ1) is 25.0. The summed E-state index contributed by atoms with van der Waals surface area (Å²) < 4.78 is 32.9. The molecule has 52 heavy (non-hydrogen) atoms. The molecule has 3 aliphatic rings. The van der Waals surface area contributed by atoms with Gasteiger partial charge in [0.15, 0.2) is 5.84 Å². The lowest BCUT2D eigenvalue weighted by Crippen LogP contribution is -2.67. The summed E-state index contributed by atoms with van der Waals surface area (Å²) in [5.74, 6) is -0.528. The monoisotopic (exact) mass is 728 g/mol. The highest BCUT2D eigenvalue weighted by atomic mass is 32.2. The van der Waals surface area contributed by atoms with Crippen LogP contribution in [0.3, 0.4) is 0 Å². The molecule has 0 saturated heterocycles. The van der Waals surface area contributed by atoms with Gasteiger partial charge in [-0.05, 0) is 80.2 Å². The fraction of sp³-hybridized carbons (Fsp3) is 0.263. The molecule has 1 atom stereocenters. The molecule has 0 fully saturated rings. The lowest BCUT2D eigenvalue weighted by molar-refractivity contribution is -0.127. The van der Waals surface area contributed by atoms with Gasteiger partial charge in [0, 0.05) is 24.3 Å². The summed E-state index contributed by atoms with van der Waals surface area (Å²) in [4.78, 5) is 39.9. The number of methoxy groups -OCH3 is 1. The number of fused-ring (bicyclic) bond motifs is 2. The first-order valence-corrected chi connectivity index (χ1v) is 18.3. The van der Waals surface area contributed by atoms with E-state index < -0.39 is 33.2 Å². The van der Waals surface area contributed by atoms with Crippen molar-refractivity contribution in [2.75, 3.05) is 37.1 Å². The van der Waals surface area contributed by atoms with Crippen molar-refractivity contribution in [3.05, 3.63) is 124 Å². The number of benzene rings is 3. The number of anilines is 2. The predicted molar refractivity (Wildman–Crippen MR) is 202 cm³/mol. The molecule has 274 valence electrons. The van der Waals surface area contributed by atoms with Crippen molar-refractivity contribution in [3.63, 3.8) is 0 Å². The molecule has 0 aliphatic carbocycles. The smallest absolute Gasteiger partial charge is 0.302 e. The molecule has 0 aromatic heterocycles. The van der Waals surface area contributed by atoms with Gasteiger partial charge in [-0.2, -0.15) is 5.01 Å². The van der Waals surface area contributed by atoms with Crippen molar-refractivity contribution in [2.45, 2.75) is 39.8 Å². The van der Waals surface area contributed by atoms with E-state index in [9.17, 15) is 22.8 Å². The van der Waals surface area contributed by atoms with Gasteiger partial charge < -0.3 is 30.7 Å². The van der Waals surface area contributed by atoms with Crippen molar-refractivity contribution >= 4 is 44.8 Å². The van der Waals surface area contributed by atoms with Crippen LogP contribution in [-0.4, -0.2) is 64.4 Å². The number of para-hydroxylation sites is 2. The van der Waals surface area contributed by atoms with Gasteiger partial charge in [-0.15, -0.1) is 5.10 Å². The number of allylic oxidation sites excluding steroid dienone is 3. The first-order valence-electron chi connectivity index (χ1n) is 16.8. The van der Waals surface area contributed by atoms with Gasteiger partial charge in [0.25, 0.3) is 11.6 Å².